The lowest BCUT2D eigenvalue weighted by Gasteiger charge is -2.30. The predicted molar refractivity (Wildman–Crippen MR) is 76.6 cm³/mol. The predicted octanol–water partition coefficient (Wildman–Crippen LogP) is 1.64. The number of carboxylic acids is 1. The van der Waals surface area contributed by atoms with E-state index in [0.29, 0.717) is 5.76 Å². The molecule has 3 heterocycles. The molecule has 1 unspecified atom stereocenters. The second-order valence-corrected chi connectivity index (χ2v) is 6.98. The fourth-order valence-electron chi connectivity index (χ4n) is 2.46. The number of morpholine rings is 1. The summed E-state index contributed by atoms with van der Waals surface area (Å²) in [7, 11) is -3.87. The molecule has 2 aromatic rings. The van der Waals surface area contributed by atoms with E-state index in [9.17, 15) is 13.2 Å². The van der Waals surface area contributed by atoms with Gasteiger partial charge in [-0.2, -0.15) is 4.31 Å². The molecule has 0 bridgehead atoms. The summed E-state index contributed by atoms with van der Waals surface area (Å²) in [5.74, 6) is -1.13. The van der Waals surface area contributed by atoms with Crippen LogP contribution in [-0.2, 0) is 14.8 Å². The van der Waals surface area contributed by atoms with E-state index < -0.39 is 27.9 Å². The van der Waals surface area contributed by atoms with Crippen molar-refractivity contribution in [1.82, 2.24) is 4.31 Å². The molecule has 0 saturated carbocycles. The van der Waals surface area contributed by atoms with Crippen molar-refractivity contribution in [2.24, 2.45) is 0 Å². The van der Waals surface area contributed by atoms with Crippen LogP contribution in [0.3, 0.4) is 0 Å². The van der Waals surface area contributed by atoms with E-state index in [0.717, 1.165) is 6.07 Å². The van der Waals surface area contributed by atoms with Gasteiger partial charge >= 0.3 is 5.97 Å². The Kier molecular flexibility index (Phi) is 4.00. The van der Waals surface area contributed by atoms with Gasteiger partial charge in [-0.05, 0) is 19.1 Å². The van der Waals surface area contributed by atoms with Gasteiger partial charge in [-0.1, -0.05) is 0 Å². The summed E-state index contributed by atoms with van der Waals surface area (Å²) >= 11 is 0. The molecule has 124 valence electrons. The first kappa shape index (κ1) is 15.8. The topological polar surface area (TPSA) is 110 Å². The van der Waals surface area contributed by atoms with Gasteiger partial charge in [0, 0.05) is 19.2 Å². The van der Waals surface area contributed by atoms with Crippen LogP contribution in [0.1, 0.15) is 28.2 Å². The highest BCUT2D eigenvalue weighted by molar-refractivity contribution is 7.89. The molecule has 0 aromatic carbocycles. The molecule has 8 nitrogen and oxygen atoms in total. The van der Waals surface area contributed by atoms with E-state index in [1.807, 2.05) is 0 Å². The zero-order chi connectivity index (χ0) is 16.6. The molecule has 2 aromatic heterocycles. The minimum absolute atomic E-state index is 0.0449. The van der Waals surface area contributed by atoms with Gasteiger partial charge in [-0.3, -0.25) is 0 Å². The number of aryl methyl sites for hydroxylation is 1. The Balaban J connectivity index is 1.89. The average molecular weight is 341 g/mol. The van der Waals surface area contributed by atoms with Crippen LogP contribution in [0.25, 0.3) is 0 Å². The van der Waals surface area contributed by atoms with Crippen molar-refractivity contribution in [3.05, 3.63) is 41.7 Å². The molecule has 0 aliphatic carbocycles. The molecule has 0 spiro atoms. The lowest BCUT2D eigenvalue weighted by atomic mass is 10.2. The lowest BCUT2D eigenvalue weighted by molar-refractivity contribution is -0.0142. The molecule has 9 heteroatoms. The maximum Gasteiger partial charge on any atom is 0.371 e. The summed E-state index contributed by atoms with van der Waals surface area (Å²) < 4.78 is 42.5. The number of rotatable bonds is 4. The first-order chi connectivity index (χ1) is 10.9. The number of carbonyl (C=O) groups is 1. The van der Waals surface area contributed by atoms with Crippen LogP contribution in [0.5, 0.6) is 0 Å². The van der Waals surface area contributed by atoms with Gasteiger partial charge in [0.15, 0.2) is 0 Å². The van der Waals surface area contributed by atoms with E-state index >= 15 is 0 Å². The fraction of sp³-hybridized carbons (Fsp3) is 0.357. The number of nitrogens with zero attached hydrogens (tertiary/aromatic N) is 1. The highest BCUT2D eigenvalue weighted by Crippen LogP contribution is 2.29. The van der Waals surface area contributed by atoms with Crippen molar-refractivity contribution in [1.29, 1.82) is 0 Å². The second kappa shape index (κ2) is 5.84. The van der Waals surface area contributed by atoms with Crippen LogP contribution in [0.4, 0.5) is 0 Å². The zero-order valence-electron chi connectivity index (χ0n) is 12.3. The number of aromatic carboxylic acids is 1. The quantitative estimate of drug-likeness (QED) is 0.900. The monoisotopic (exact) mass is 341 g/mol. The number of sulfonamides is 1. The number of furan rings is 2. The van der Waals surface area contributed by atoms with Crippen LogP contribution in [0.15, 0.2) is 38.2 Å². The third kappa shape index (κ3) is 2.90. The van der Waals surface area contributed by atoms with Crippen LogP contribution in [0.2, 0.25) is 0 Å². The minimum Gasteiger partial charge on any atom is -0.475 e. The number of hydrogen-bond donors (Lipinski definition) is 1. The third-order valence-electron chi connectivity index (χ3n) is 3.59. The Morgan fingerprint density at radius 3 is 2.83 bits per heavy atom. The summed E-state index contributed by atoms with van der Waals surface area (Å²) in [6, 6.07) is 4.45. The Morgan fingerprint density at radius 1 is 1.43 bits per heavy atom. The summed E-state index contributed by atoms with van der Waals surface area (Å²) in [5.41, 5.74) is 0. The average Bonchev–Trinajstić information content (AvgIpc) is 3.17. The molecule has 0 radical (unpaired) electrons. The third-order valence-corrected chi connectivity index (χ3v) is 5.56. The largest absolute Gasteiger partial charge is 0.475 e. The van der Waals surface area contributed by atoms with E-state index in [-0.39, 0.29) is 30.4 Å². The molecule has 3 rings (SSSR count). The van der Waals surface area contributed by atoms with Crippen molar-refractivity contribution in [3.63, 3.8) is 0 Å². The smallest absolute Gasteiger partial charge is 0.371 e. The Hall–Kier alpha value is -2.10. The van der Waals surface area contributed by atoms with Crippen LogP contribution in [-0.4, -0.2) is 43.5 Å². The number of ether oxygens (including phenoxy) is 1. The van der Waals surface area contributed by atoms with E-state index in [4.69, 9.17) is 18.7 Å². The zero-order valence-corrected chi connectivity index (χ0v) is 13.1. The van der Waals surface area contributed by atoms with Gasteiger partial charge in [-0.15, -0.1) is 0 Å². The van der Waals surface area contributed by atoms with Crippen molar-refractivity contribution < 1.29 is 31.9 Å². The molecule has 1 aliphatic rings. The molecule has 1 fully saturated rings. The fourth-order valence-corrected chi connectivity index (χ4v) is 4.04. The second-order valence-electron chi connectivity index (χ2n) is 5.07. The standard InChI is InChI=1S/C14H15NO7S/c1-9-13(7-11(22-9)14(16)17)23(18,19)15-4-6-21-12(8-15)10-3-2-5-20-10/h2-3,5,7,12H,4,6,8H2,1H3,(H,16,17). The molecule has 1 atom stereocenters. The molecule has 0 amide bonds. The SMILES string of the molecule is Cc1oc(C(=O)O)cc1S(=O)(=O)N1CCOC(c2ccco2)C1. The van der Waals surface area contributed by atoms with Crippen molar-refractivity contribution >= 4 is 16.0 Å². The molecule has 23 heavy (non-hydrogen) atoms. The van der Waals surface area contributed by atoms with Crippen LogP contribution >= 0.6 is 0 Å². The van der Waals surface area contributed by atoms with Crippen LogP contribution in [0, 0.1) is 6.92 Å². The van der Waals surface area contributed by atoms with Crippen molar-refractivity contribution in [2.75, 3.05) is 19.7 Å². The first-order valence-electron chi connectivity index (χ1n) is 6.88. The maximum atomic E-state index is 12.7. The summed E-state index contributed by atoms with van der Waals surface area (Å²) in [4.78, 5) is 10.8. The van der Waals surface area contributed by atoms with Gasteiger partial charge in [0.2, 0.25) is 15.8 Å². The Labute approximate surface area is 132 Å². The summed E-state index contributed by atoms with van der Waals surface area (Å²) in [6.45, 7) is 1.90. The van der Waals surface area contributed by atoms with Crippen LogP contribution < -0.4 is 0 Å². The molecule has 1 aliphatic heterocycles. The normalized spacial score (nSPS) is 19.8. The summed E-state index contributed by atoms with van der Waals surface area (Å²) in [5, 5.41) is 8.93. The number of hydrogen-bond acceptors (Lipinski definition) is 6. The lowest BCUT2D eigenvalue weighted by Crippen LogP contribution is -2.42. The van der Waals surface area contributed by atoms with E-state index in [2.05, 4.69) is 0 Å². The highest BCUT2D eigenvalue weighted by Gasteiger charge is 2.35. The Bertz CT molecular complexity index is 806. The van der Waals surface area contributed by atoms with Gasteiger partial charge in [0.1, 0.15) is 22.5 Å². The highest BCUT2D eigenvalue weighted by atomic mass is 32.2. The van der Waals surface area contributed by atoms with Crippen molar-refractivity contribution in [3.8, 4) is 0 Å². The first-order valence-corrected chi connectivity index (χ1v) is 8.32. The van der Waals surface area contributed by atoms with E-state index in [1.54, 1.807) is 12.1 Å². The Morgan fingerprint density at radius 2 is 2.22 bits per heavy atom. The van der Waals surface area contributed by atoms with Gasteiger partial charge in [-0.25, -0.2) is 13.2 Å². The van der Waals surface area contributed by atoms with Crippen molar-refractivity contribution in [2.45, 2.75) is 17.9 Å². The molecular weight excluding hydrogens is 326 g/mol. The van der Waals surface area contributed by atoms with Gasteiger partial charge in [0.05, 0.1) is 12.9 Å². The van der Waals surface area contributed by atoms with E-state index in [1.165, 1.54) is 17.5 Å². The minimum atomic E-state index is -3.87. The number of carboxylic acid groups (broad SMARTS) is 1. The molecule has 1 saturated heterocycles. The summed E-state index contributed by atoms with van der Waals surface area (Å²) in [6.07, 6.45) is 0.991. The molecule has 1 N–H and O–H groups in total. The maximum absolute atomic E-state index is 12.7. The van der Waals surface area contributed by atoms with Gasteiger partial charge < -0.3 is 18.7 Å². The molecular formula is C14H15NO7S. The van der Waals surface area contributed by atoms with Gasteiger partial charge in [0.25, 0.3) is 0 Å².